The number of hydrogen-bond acceptors (Lipinski definition) is 2. The molecule has 4 nitrogen and oxygen atoms in total. The second-order valence-electron chi connectivity index (χ2n) is 5.37. The van der Waals surface area contributed by atoms with Crippen LogP contribution in [0.15, 0.2) is 41.3 Å². The van der Waals surface area contributed by atoms with Crippen molar-refractivity contribution in [2.75, 3.05) is 0 Å². The van der Waals surface area contributed by atoms with Gasteiger partial charge >= 0.3 is 0 Å². The topological polar surface area (TPSA) is 50.7 Å². The molecule has 0 spiro atoms. The quantitative estimate of drug-likeness (QED) is 0.799. The van der Waals surface area contributed by atoms with Gasteiger partial charge in [0, 0.05) is 24.7 Å². The molecule has 0 radical (unpaired) electrons. The van der Waals surface area contributed by atoms with Gasteiger partial charge in [-0.05, 0) is 37.1 Å². The Hall–Kier alpha value is -2.36. The molecule has 0 fully saturated rings. The van der Waals surface area contributed by atoms with Crippen molar-refractivity contribution in [1.29, 1.82) is 0 Å². The molecule has 2 heterocycles. The molecule has 0 aliphatic rings. The number of nitrogens with zero attached hydrogens (tertiary/aromatic N) is 2. The number of para-hydroxylation sites is 2. The molecule has 3 rings (SSSR count). The average Bonchev–Trinajstić information content (AvgIpc) is 2.81. The fraction of sp³-hybridized carbons (Fsp3) is 0.294. The number of aromatic nitrogens is 3. The first-order valence-electron chi connectivity index (χ1n) is 7.31. The number of imidazole rings is 1. The lowest BCUT2D eigenvalue weighted by atomic mass is 10.1. The highest BCUT2D eigenvalue weighted by Gasteiger charge is 2.10. The molecule has 2 aromatic heterocycles. The zero-order valence-corrected chi connectivity index (χ0v) is 12.4. The number of nitrogens with one attached hydrogen (secondary N) is 1. The minimum atomic E-state index is -0.0270. The predicted molar refractivity (Wildman–Crippen MR) is 84.6 cm³/mol. The van der Waals surface area contributed by atoms with E-state index >= 15 is 0 Å². The monoisotopic (exact) mass is 281 g/mol. The van der Waals surface area contributed by atoms with Crippen LogP contribution in [-0.4, -0.2) is 14.5 Å². The van der Waals surface area contributed by atoms with E-state index in [1.165, 1.54) is 5.52 Å². The Morgan fingerprint density at radius 1 is 1.29 bits per heavy atom. The summed E-state index contributed by atoms with van der Waals surface area (Å²) in [7, 11) is 0. The Balaban J connectivity index is 2.04. The Morgan fingerprint density at radius 3 is 2.86 bits per heavy atom. The van der Waals surface area contributed by atoms with Crippen molar-refractivity contribution in [3.05, 3.63) is 63.8 Å². The minimum absolute atomic E-state index is 0.0270. The smallest absolute Gasteiger partial charge is 0.250 e. The SMILES string of the molecule is CCCn1c(Cc2c[nH]c(=O)c(C)c2)nc2ccccc21. The van der Waals surface area contributed by atoms with Crippen molar-refractivity contribution < 1.29 is 0 Å². The zero-order chi connectivity index (χ0) is 14.8. The maximum Gasteiger partial charge on any atom is 0.250 e. The number of aromatic amines is 1. The van der Waals surface area contributed by atoms with Crippen LogP contribution >= 0.6 is 0 Å². The summed E-state index contributed by atoms with van der Waals surface area (Å²) in [6.45, 7) is 4.96. The van der Waals surface area contributed by atoms with Gasteiger partial charge in [-0.25, -0.2) is 4.98 Å². The molecule has 0 saturated heterocycles. The molecule has 0 aliphatic carbocycles. The predicted octanol–water partition coefficient (Wildman–Crippen LogP) is 3.03. The summed E-state index contributed by atoms with van der Waals surface area (Å²) in [5, 5.41) is 0. The number of H-pyrrole nitrogens is 1. The van der Waals surface area contributed by atoms with E-state index in [1.54, 1.807) is 6.20 Å². The molecule has 3 aromatic rings. The second-order valence-corrected chi connectivity index (χ2v) is 5.37. The van der Waals surface area contributed by atoms with E-state index in [0.717, 1.165) is 41.9 Å². The molecule has 1 aromatic carbocycles. The van der Waals surface area contributed by atoms with E-state index < -0.39 is 0 Å². The number of aryl methyl sites for hydroxylation is 2. The Morgan fingerprint density at radius 2 is 2.10 bits per heavy atom. The fourth-order valence-corrected chi connectivity index (χ4v) is 2.68. The van der Waals surface area contributed by atoms with E-state index in [1.807, 2.05) is 31.2 Å². The van der Waals surface area contributed by atoms with Crippen LogP contribution in [-0.2, 0) is 13.0 Å². The molecule has 21 heavy (non-hydrogen) atoms. The van der Waals surface area contributed by atoms with Crippen molar-refractivity contribution >= 4 is 11.0 Å². The largest absolute Gasteiger partial charge is 0.329 e. The summed E-state index contributed by atoms with van der Waals surface area (Å²) in [4.78, 5) is 19.0. The summed E-state index contributed by atoms with van der Waals surface area (Å²) in [6, 6.07) is 10.2. The highest BCUT2D eigenvalue weighted by molar-refractivity contribution is 5.76. The molecule has 108 valence electrons. The molecule has 4 heteroatoms. The molecule has 1 N–H and O–H groups in total. The van der Waals surface area contributed by atoms with Crippen molar-refractivity contribution in [3.63, 3.8) is 0 Å². The molecular formula is C17H19N3O. The summed E-state index contributed by atoms with van der Waals surface area (Å²) >= 11 is 0. The number of fused-ring (bicyclic) bond motifs is 1. The van der Waals surface area contributed by atoms with Crippen LogP contribution in [0.4, 0.5) is 0 Å². The zero-order valence-electron chi connectivity index (χ0n) is 12.4. The summed E-state index contributed by atoms with van der Waals surface area (Å²) < 4.78 is 2.27. The van der Waals surface area contributed by atoms with Crippen molar-refractivity contribution in [1.82, 2.24) is 14.5 Å². The number of pyridine rings is 1. The molecule has 0 saturated carbocycles. The van der Waals surface area contributed by atoms with Crippen LogP contribution < -0.4 is 5.56 Å². The van der Waals surface area contributed by atoms with Gasteiger partial charge in [0.25, 0.3) is 5.56 Å². The lowest BCUT2D eigenvalue weighted by Gasteiger charge is -2.08. The maximum absolute atomic E-state index is 11.5. The Bertz CT molecular complexity index is 829. The van der Waals surface area contributed by atoms with Crippen LogP contribution in [0.25, 0.3) is 11.0 Å². The van der Waals surface area contributed by atoms with E-state index in [4.69, 9.17) is 4.98 Å². The summed E-state index contributed by atoms with van der Waals surface area (Å²) in [5.41, 5.74) is 4.00. The second kappa shape index (κ2) is 5.56. The molecular weight excluding hydrogens is 262 g/mol. The Kier molecular flexibility index (Phi) is 3.60. The highest BCUT2D eigenvalue weighted by Crippen LogP contribution is 2.18. The lowest BCUT2D eigenvalue weighted by Crippen LogP contribution is -2.10. The molecule has 0 bridgehead atoms. The fourth-order valence-electron chi connectivity index (χ4n) is 2.68. The first-order valence-corrected chi connectivity index (χ1v) is 7.31. The third-order valence-electron chi connectivity index (χ3n) is 3.69. The van der Waals surface area contributed by atoms with Gasteiger partial charge in [-0.1, -0.05) is 19.1 Å². The summed E-state index contributed by atoms with van der Waals surface area (Å²) in [6.07, 6.45) is 3.58. The highest BCUT2D eigenvalue weighted by atomic mass is 16.1. The molecule has 0 amide bonds. The first kappa shape index (κ1) is 13.6. The van der Waals surface area contributed by atoms with Crippen LogP contribution in [0.5, 0.6) is 0 Å². The van der Waals surface area contributed by atoms with Crippen LogP contribution in [0.3, 0.4) is 0 Å². The van der Waals surface area contributed by atoms with Crippen molar-refractivity contribution in [2.24, 2.45) is 0 Å². The van der Waals surface area contributed by atoms with Crippen molar-refractivity contribution in [3.8, 4) is 0 Å². The van der Waals surface area contributed by atoms with Crippen LogP contribution in [0.2, 0.25) is 0 Å². The van der Waals surface area contributed by atoms with Gasteiger partial charge in [-0.15, -0.1) is 0 Å². The lowest BCUT2D eigenvalue weighted by molar-refractivity contribution is 0.664. The van der Waals surface area contributed by atoms with Crippen LogP contribution in [0.1, 0.15) is 30.3 Å². The van der Waals surface area contributed by atoms with Gasteiger partial charge in [0.2, 0.25) is 0 Å². The number of hydrogen-bond donors (Lipinski definition) is 1. The normalized spacial score (nSPS) is 11.1. The number of benzene rings is 1. The molecule has 0 aliphatic heterocycles. The van der Waals surface area contributed by atoms with E-state index in [2.05, 4.69) is 22.5 Å². The maximum atomic E-state index is 11.5. The van der Waals surface area contributed by atoms with Crippen LogP contribution in [0, 0.1) is 6.92 Å². The van der Waals surface area contributed by atoms with Gasteiger partial charge in [0.1, 0.15) is 5.82 Å². The van der Waals surface area contributed by atoms with E-state index in [-0.39, 0.29) is 5.56 Å². The minimum Gasteiger partial charge on any atom is -0.329 e. The van der Waals surface area contributed by atoms with E-state index in [9.17, 15) is 4.79 Å². The van der Waals surface area contributed by atoms with Gasteiger partial charge in [-0.3, -0.25) is 4.79 Å². The van der Waals surface area contributed by atoms with Gasteiger partial charge in [0.15, 0.2) is 0 Å². The van der Waals surface area contributed by atoms with Crippen molar-refractivity contribution in [2.45, 2.75) is 33.2 Å². The molecule has 0 unspecified atom stereocenters. The number of rotatable bonds is 4. The Labute approximate surface area is 123 Å². The van der Waals surface area contributed by atoms with E-state index in [0.29, 0.717) is 0 Å². The third-order valence-corrected chi connectivity index (χ3v) is 3.69. The standard InChI is InChI=1S/C17H19N3O/c1-3-8-20-15-7-5-4-6-14(15)19-16(20)10-13-9-12(2)17(21)18-11-13/h4-7,9,11H,3,8,10H2,1-2H3,(H,18,21). The third kappa shape index (κ3) is 2.61. The van der Waals surface area contributed by atoms with Gasteiger partial charge in [0.05, 0.1) is 11.0 Å². The summed E-state index contributed by atoms with van der Waals surface area (Å²) in [5.74, 6) is 1.05. The van der Waals surface area contributed by atoms with Gasteiger partial charge in [-0.2, -0.15) is 0 Å². The first-order chi connectivity index (χ1) is 10.2. The molecule has 0 atom stereocenters. The van der Waals surface area contributed by atoms with Gasteiger partial charge < -0.3 is 9.55 Å². The average molecular weight is 281 g/mol.